The number of rotatable bonds is 5. The first-order valence-electron chi connectivity index (χ1n) is 10.6. The molecule has 1 saturated heterocycles. The van der Waals surface area contributed by atoms with Gasteiger partial charge in [-0.1, -0.05) is 25.5 Å². The van der Waals surface area contributed by atoms with Gasteiger partial charge in [0, 0.05) is 24.0 Å². The number of ether oxygens (including phenoxy) is 2. The summed E-state index contributed by atoms with van der Waals surface area (Å²) in [5, 5.41) is 8.12. The van der Waals surface area contributed by atoms with Gasteiger partial charge < -0.3 is 25.4 Å². The minimum Gasteiger partial charge on any atom is -0.497 e. The molecular weight excluding hydrogens is 394 g/mol. The Balaban J connectivity index is 1.75. The van der Waals surface area contributed by atoms with E-state index in [0.717, 1.165) is 16.8 Å². The van der Waals surface area contributed by atoms with Crippen molar-refractivity contribution in [3.05, 3.63) is 47.5 Å². The highest BCUT2D eigenvalue weighted by Crippen LogP contribution is 2.44. The van der Waals surface area contributed by atoms with E-state index in [0.29, 0.717) is 29.5 Å². The molecule has 0 saturated carbocycles. The molecule has 0 aromatic heterocycles. The zero-order valence-electron chi connectivity index (χ0n) is 18.6. The van der Waals surface area contributed by atoms with E-state index in [4.69, 9.17) is 9.47 Å². The van der Waals surface area contributed by atoms with Gasteiger partial charge in [-0.2, -0.15) is 0 Å². The van der Waals surface area contributed by atoms with Crippen LogP contribution in [-0.4, -0.2) is 32.1 Å². The van der Waals surface area contributed by atoms with Gasteiger partial charge in [0.25, 0.3) is 5.91 Å². The lowest BCUT2D eigenvalue weighted by molar-refractivity contribution is -0.736. The summed E-state index contributed by atoms with van der Waals surface area (Å²) in [6.45, 7) is 6.26. The van der Waals surface area contributed by atoms with Crippen molar-refractivity contribution < 1.29 is 24.4 Å². The number of hydrogen-bond acceptors (Lipinski definition) is 4. The van der Waals surface area contributed by atoms with Crippen LogP contribution < -0.4 is 25.4 Å². The largest absolute Gasteiger partial charge is 0.497 e. The fraction of sp³-hybridized carbons (Fsp3) is 0.417. The molecule has 2 aromatic rings. The van der Waals surface area contributed by atoms with Crippen LogP contribution >= 0.6 is 0 Å². The van der Waals surface area contributed by atoms with Gasteiger partial charge in [-0.05, 0) is 31.2 Å². The maximum Gasteiger partial charge on any atom is 0.291 e. The van der Waals surface area contributed by atoms with Gasteiger partial charge in [0.05, 0.1) is 31.6 Å². The van der Waals surface area contributed by atoms with Crippen LogP contribution in [0, 0.1) is 18.8 Å². The maximum atomic E-state index is 13.6. The number of carbonyl (C=O) groups is 2. The zero-order valence-corrected chi connectivity index (χ0v) is 18.6. The summed E-state index contributed by atoms with van der Waals surface area (Å²) in [6.07, 6.45) is 0.608. The quantitative estimate of drug-likeness (QED) is 0.687. The van der Waals surface area contributed by atoms with Crippen LogP contribution in [-0.2, 0) is 15.1 Å². The second kappa shape index (κ2) is 7.89. The zero-order chi connectivity index (χ0) is 22.3. The van der Waals surface area contributed by atoms with E-state index in [2.05, 4.69) is 29.8 Å². The van der Waals surface area contributed by atoms with Gasteiger partial charge in [0.2, 0.25) is 11.4 Å². The van der Waals surface area contributed by atoms with Crippen molar-refractivity contribution in [3.63, 3.8) is 0 Å². The summed E-state index contributed by atoms with van der Waals surface area (Å²) >= 11 is 0. The summed E-state index contributed by atoms with van der Waals surface area (Å²) in [5.74, 6) is 0.618. The summed E-state index contributed by atoms with van der Waals surface area (Å²) in [7, 11) is 3.13. The first-order chi connectivity index (χ1) is 14.8. The standard InChI is InChI=1S/C24H29N3O4/c1-13(2)19-12-17(22(28)25-20-11-15(30-4)7-9-21(20)31-5)24(27-19)16-10-14(3)6-8-18(16)26-23(24)29/h6-11,13,17,19,27H,12H2,1-5H3,(H,25,28)(H,26,29)/p+1/t17-,19-,24+/m1/s1. The van der Waals surface area contributed by atoms with Gasteiger partial charge in [-0.3, -0.25) is 9.59 Å². The van der Waals surface area contributed by atoms with Crippen LogP contribution in [0.15, 0.2) is 36.4 Å². The lowest BCUT2D eigenvalue weighted by Gasteiger charge is -2.26. The van der Waals surface area contributed by atoms with E-state index in [1.54, 1.807) is 32.4 Å². The number of aryl methyl sites for hydroxylation is 1. The Bertz CT molecular complexity index is 1040. The van der Waals surface area contributed by atoms with Crippen molar-refractivity contribution in [1.29, 1.82) is 0 Å². The molecule has 7 nitrogen and oxygen atoms in total. The first kappa shape index (κ1) is 21.2. The van der Waals surface area contributed by atoms with Crippen LogP contribution in [0.5, 0.6) is 11.5 Å². The number of benzene rings is 2. The number of fused-ring (bicyclic) bond motifs is 2. The van der Waals surface area contributed by atoms with Crippen LogP contribution in [0.4, 0.5) is 11.4 Å². The van der Waals surface area contributed by atoms with E-state index in [9.17, 15) is 9.59 Å². The molecule has 7 heteroatoms. The summed E-state index contributed by atoms with van der Waals surface area (Å²) in [6, 6.07) is 11.3. The highest BCUT2D eigenvalue weighted by Gasteiger charge is 2.64. The molecule has 0 bridgehead atoms. The number of nitrogens with two attached hydrogens (primary N) is 1. The van der Waals surface area contributed by atoms with Crippen molar-refractivity contribution in [1.82, 2.24) is 0 Å². The van der Waals surface area contributed by atoms with Crippen molar-refractivity contribution >= 4 is 23.2 Å². The molecule has 0 radical (unpaired) electrons. The summed E-state index contributed by atoms with van der Waals surface area (Å²) in [5.41, 5.74) is 2.28. The predicted octanol–water partition coefficient (Wildman–Crippen LogP) is 2.41. The van der Waals surface area contributed by atoms with E-state index < -0.39 is 11.5 Å². The molecule has 164 valence electrons. The molecule has 2 aliphatic rings. The smallest absolute Gasteiger partial charge is 0.291 e. The van der Waals surface area contributed by atoms with Crippen LogP contribution in [0.1, 0.15) is 31.4 Å². The summed E-state index contributed by atoms with van der Waals surface area (Å²) < 4.78 is 10.7. The Morgan fingerprint density at radius 2 is 1.97 bits per heavy atom. The number of hydrogen-bond donors (Lipinski definition) is 3. The number of nitrogens with one attached hydrogen (secondary N) is 2. The normalized spacial score (nSPS) is 24.3. The topological polar surface area (TPSA) is 93.3 Å². The third-order valence-corrected chi connectivity index (χ3v) is 6.62. The molecule has 1 fully saturated rings. The minimum absolute atomic E-state index is 0.131. The number of quaternary nitrogens is 1. The Hall–Kier alpha value is -3.06. The second-order valence-electron chi connectivity index (χ2n) is 8.79. The van der Waals surface area contributed by atoms with Crippen LogP contribution in [0.3, 0.4) is 0 Å². The van der Waals surface area contributed by atoms with Gasteiger partial charge in [-0.15, -0.1) is 0 Å². The second-order valence-corrected chi connectivity index (χ2v) is 8.79. The fourth-order valence-electron chi connectivity index (χ4n) is 4.86. The third-order valence-electron chi connectivity index (χ3n) is 6.62. The van der Waals surface area contributed by atoms with Crippen molar-refractivity contribution in [2.75, 3.05) is 24.9 Å². The van der Waals surface area contributed by atoms with E-state index in [-0.39, 0.29) is 17.9 Å². The number of methoxy groups -OCH3 is 2. The molecule has 31 heavy (non-hydrogen) atoms. The SMILES string of the molecule is COc1ccc(OC)c(NC(=O)[C@H]2C[C@H](C(C)C)[NH2+][C@]23C(=O)Nc2ccc(C)cc23)c1. The van der Waals surface area contributed by atoms with Crippen molar-refractivity contribution in [3.8, 4) is 11.5 Å². The Labute approximate surface area is 182 Å². The van der Waals surface area contributed by atoms with Crippen molar-refractivity contribution in [2.45, 2.75) is 38.8 Å². The molecule has 0 aliphatic carbocycles. The summed E-state index contributed by atoms with van der Waals surface area (Å²) in [4.78, 5) is 27.0. The molecule has 1 spiro atoms. The molecule has 3 atom stereocenters. The molecule has 2 aromatic carbocycles. The minimum atomic E-state index is -0.980. The molecule has 2 amide bonds. The van der Waals surface area contributed by atoms with E-state index in [1.165, 1.54) is 0 Å². The Kier molecular flexibility index (Phi) is 5.39. The van der Waals surface area contributed by atoms with Gasteiger partial charge in [0.1, 0.15) is 17.4 Å². The molecule has 4 N–H and O–H groups in total. The van der Waals surface area contributed by atoms with E-state index in [1.807, 2.05) is 25.1 Å². The number of carbonyl (C=O) groups excluding carboxylic acids is 2. The van der Waals surface area contributed by atoms with Gasteiger partial charge in [0.15, 0.2) is 0 Å². The fourth-order valence-corrected chi connectivity index (χ4v) is 4.86. The van der Waals surface area contributed by atoms with Crippen molar-refractivity contribution in [2.24, 2.45) is 11.8 Å². The van der Waals surface area contributed by atoms with Crippen LogP contribution in [0.2, 0.25) is 0 Å². The Morgan fingerprint density at radius 1 is 1.19 bits per heavy atom. The molecule has 4 rings (SSSR count). The molecule has 2 aliphatic heterocycles. The monoisotopic (exact) mass is 424 g/mol. The average molecular weight is 425 g/mol. The Morgan fingerprint density at radius 3 is 2.65 bits per heavy atom. The highest BCUT2D eigenvalue weighted by atomic mass is 16.5. The number of anilines is 2. The lowest BCUT2D eigenvalue weighted by atomic mass is 9.79. The number of amides is 2. The van der Waals surface area contributed by atoms with Crippen LogP contribution in [0.25, 0.3) is 0 Å². The first-order valence-corrected chi connectivity index (χ1v) is 10.6. The molecule has 2 heterocycles. The predicted molar refractivity (Wildman–Crippen MR) is 118 cm³/mol. The van der Waals surface area contributed by atoms with E-state index >= 15 is 0 Å². The maximum absolute atomic E-state index is 13.6. The van der Waals surface area contributed by atoms with Gasteiger partial charge in [-0.25, -0.2) is 0 Å². The third kappa shape index (κ3) is 3.43. The molecule has 0 unspecified atom stereocenters. The van der Waals surface area contributed by atoms with Gasteiger partial charge >= 0.3 is 0 Å². The highest BCUT2D eigenvalue weighted by molar-refractivity contribution is 6.09. The lowest BCUT2D eigenvalue weighted by Crippen LogP contribution is -2.99. The average Bonchev–Trinajstić information content (AvgIpc) is 3.28. The molecular formula is C24H30N3O4+.